The van der Waals surface area contributed by atoms with Gasteiger partial charge in [-0.1, -0.05) is 6.07 Å². The predicted octanol–water partition coefficient (Wildman–Crippen LogP) is 3.97. The number of rotatable bonds is 7. The summed E-state index contributed by atoms with van der Waals surface area (Å²) in [5.41, 5.74) is 3.47. The van der Waals surface area contributed by atoms with Crippen LogP contribution in [0.15, 0.2) is 34.9 Å². The van der Waals surface area contributed by atoms with E-state index < -0.39 is 5.41 Å². The molecule has 1 amide bonds. The largest absolute Gasteiger partial charge is 0.459 e. The van der Waals surface area contributed by atoms with Gasteiger partial charge < -0.3 is 25.3 Å². The smallest absolute Gasteiger partial charge is 0.234 e. The van der Waals surface area contributed by atoms with Crippen LogP contribution >= 0.6 is 0 Å². The maximum absolute atomic E-state index is 12.3. The number of furan rings is 1. The molecule has 0 aliphatic carbocycles. The summed E-state index contributed by atoms with van der Waals surface area (Å²) in [5.74, 6) is 1.79. The minimum Gasteiger partial charge on any atom is -0.459 e. The number of hydrogen-bond acceptors (Lipinski definition) is 7. The zero-order valence-electron chi connectivity index (χ0n) is 18.9. The third-order valence-electron chi connectivity index (χ3n) is 6.67. The summed E-state index contributed by atoms with van der Waals surface area (Å²) in [5, 5.41) is 9.42. The van der Waals surface area contributed by atoms with Gasteiger partial charge in [0.05, 0.1) is 11.7 Å². The Hall–Kier alpha value is -3.20. The Morgan fingerprint density at radius 1 is 1.24 bits per heavy atom. The lowest BCUT2D eigenvalue weighted by Gasteiger charge is -2.32. The highest BCUT2D eigenvalue weighted by Crippen LogP contribution is 2.39. The van der Waals surface area contributed by atoms with E-state index in [9.17, 15) is 9.18 Å². The van der Waals surface area contributed by atoms with Crippen molar-refractivity contribution in [2.45, 2.75) is 32.1 Å². The molecule has 9 heteroatoms. The van der Waals surface area contributed by atoms with Gasteiger partial charge in [0.1, 0.15) is 12.2 Å². The SMILES string of the molecule is CC1(C)C(=O)Nc2cc(Nc3nc(N4CCC(CNCCF)CC4)c4occc4n3)ccc21. The Balaban J connectivity index is 1.35. The van der Waals surface area contributed by atoms with Crippen LogP contribution in [0, 0.1) is 5.92 Å². The van der Waals surface area contributed by atoms with Gasteiger partial charge in [-0.25, -0.2) is 9.37 Å². The minimum atomic E-state index is -0.541. The highest BCUT2D eigenvalue weighted by Gasteiger charge is 2.38. The molecule has 8 nitrogen and oxygen atoms in total. The van der Waals surface area contributed by atoms with Gasteiger partial charge in [0.15, 0.2) is 11.4 Å². The van der Waals surface area contributed by atoms with E-state index in [-0.39, 0.29) is 12.6 Å². The number of halogens is 1. The van der Waals surface area contributed by atoms with Crippen LogP contribution in [0.3, 0.4) is 0 Å². The third kappa shape index (κ3) is 4.13. The molecule has 1 aromatic carbocycles. The lowest BCUT2D eigenvalue weighted by Crippen LogP contribution is -2.38. The molecule has 0 saturated carbocycles. The maximum atomic E-state index is 12.3. The van der Waals surface area contributed by atoms with Gasteiger partial charge in [-0.3, -0.25) is 4.79 Å². The number of benzene rings is 1. The second-order valence-electron chi connectivity index (χ2n) is 9.29. The monoisotopic (exact) mass is 452 g/mol. The van der Waals surface area contributed by atoms with Gasteiger partial charge in [0, 0.05) is 37.1 Å². The van der Waals surface area contributed by atoms with Crippen molar-refractivity contribution in [3.8, 4) is 0 Å². The van der Waals surface area contributed by atoms with Crippen LogP contribution in [0.2, 0.25) is 0 Å². The molecule has 2 aliphatic rings. The molecule has 2 aromatic heterocycles. The molecule has 3 aromatic rings. The number of alkyl halides is 1. The number of nitrogens with one attached hydrogen (secondary N) is 3. The molecule has 33 heavy (non-hydrogen) atoms. The lowest BCUT2D eigenvalue weighted by molar-refractivity contribution is -0.119. The number of fused-ring (bicyclic) bond motifs is 2. The number of anilines is 4. The van der Waals surface area contributed by atoms with Gasteiger partial charge in [-0.15, -0.1) is 0 Å². The summed E-state index contributed by atoms with van der Waals surface area (Å²) in [6, 6.07) is 7.67. The summed E-state index contributed by atoms with van der Waals surface area (Å²) < 4.78 is 18.1. The quantitative estimate of drug-likeness (QED) is 0.467. The van der Waals surface area contributed by atoms with Gasteiger partial charge >= 0.3 is 0 Å². The molecule has 4 heterocycles. The molecule has 5 rings (SSSR count). The standard InChI is InChI=1S/C24H29FN6O2/c1-24(2)17-4-3-16(13-19(17)28-22(24)32)27-23-29-18-7-12-33-20(18)21(30-23)31-10-5-15(6-11-31)14-26-9-8-25/h3-4,7,12-13,15,26H,5-6,8-11,14H2,1-2H3,(H,28,32)(H,27,29,30). The van der Waals surface area contributed by atoms with Crippen molar-refractivity contribution in [1.82, 2.24) is 15.3 Å². The molecule has 0 unspecified atom stereocenters. The molecular formula is C24H29FN6O2. The van der Waals surface area contributed by atoms with Crippen LogP contribution in [-0.4, -0.2) is 48.7 Å². The highest BCUT2D eigenvalue weighted by molar-refractivity contribution is 6.06. The molecule has 3 N–H and O–H groups in total. The van der Waals surface area contributed by atoms with Crippen molar-refractivity contribution in [1.29, 1.82) is 0 Å². The fraction of sp³-hybridized carbons (Fsp3) is 0.458. The number of nitrogens with zero attached hydrogens (tertiary/aromatic N) is 3. The van der Waals surface area contributed by atoms with Gasteiger partial charge in [-0.05, 0) is 56.8 Å². The van der Waals surface area contributed by atoms with Gasteiger partial charge in [0.2, 0.25) is 11.9 Å². The van der Waals surface area contributed by atoms with Crippen molar-refractivity contribution < 1.29 is 13.6 Å². The summed E-state index contributed by atoms with van der Waals surface area (Å²) in [7, 11) is 0. The molecule has 1 saturated heterocycles. The van der Waals surface area contributed by atoms with Crippen molar-refractivity contribution >= 4 is 40.1 Å². The first kappa shape index (κ1) is 21.6. The van der Waals surface area contributed by atoms with Crippen LogP contribution in [0.1, 0.15) is 32.3 Å². The maximum Gasteiger partial charge on any atom is 0.234 e. The first-order chi connectivity index (χ1) is 16.0. The first-order valence-electron chi connectivity index (χ1n) is 11.5. The average Bonchev–Trinajstić information content (AvgIpc) is 3.36. The van der Waals surface area contributed by atoms with Crippen LogP contribution in [0.25, 0.3) is 11.1 Å². The first-order valence-corrected chi connectivity index (χ1v) is 11.5. The summed E-state index contributed by atoms with van der Waals surface area (Å²) in [6.07, 6.45) is 3.65. The van der Waals surface area contributed by atoms with Crippen molar-refractivity contribution in [2.24, 2.45) is 5.92 Å². The number of amides is 1. The van der Waals surface area contributed by atoms with E-state index in [2.05, 4.69) is 25.8 Å². The van der Waals surface area contributed by atoms with Crippen molar-refractivity contribution in [3.63, 3.8) is 0 Å². The predicted molar refractivity (Wildman–Crippen MR) is 127 cm³/mol. The summed E-state index contributed by atoms with van der Waals surface area (Å²) in [6.45, 7) is 6.48. The number of aromatic nitrogens is 2. The highest BCUT2D eigenvalue weighted by atomic mass is 19.1. The molecule has 0 bridgehead atoms. The summed E-state index contributed by atoms with van der Waals surface area (Å²) >= 11 is 0. The Labute approximate surface area is 192 Å². The Morgan fingerprint density at radius 3 is 2.85 bits per heavy atom. The Kier molecular flexibility index (Phi) is 5.65. The lowest BCUT2D eigenvalue weighted by atomic mass is 9.86. The molecular weight excluding hydrogens is 423 g/mol. The van der Waals surface area contributed by atoms with E-state index in [1.807, 2.05) is 38.1 Å². The molecule has 174 valence electrons. The number of carbonyl (C=O) groups is 1. The number of piperidine rings is 1. The molecule has 2 aliphatic heterocycles. The zero-order valence-corrected chi connectivity index (χ0v) is 18.9. The van der Waals surface area contributed by atoms with Crippen LogP contribution < -0.4 is 20.9 Å². The summed E-state index contributed by atoms with van der Waals surface area (Å²) in [4.78, 5) is 23.9. The zero-order chi connectivity index (χ0) is 23.0. The second-order valence-corrected chi connectivity index (χ2v) is 9.29. The fourth-order valence-corrected chi connectivity index (χ4v) is 4.64. The normalized spacial score (nSPS) is 17.9. The van der Waals surface area contributed by atoms with Gasteiger partial charge in [-0.2, -0.15) is 4.98 Å². The number of carbonyl (C=O) groups excluding carboxylic acids is 1. The van der Waals surface area contributed by atoms with Crippen molar-refractivity contribution in [3.05, 3.63) is 36.1 Å². The van der Waals surface area contributed by atoms with Gasteiger partial charge in [0.25, 0.3) is 0 Å². The molecule has 0 atom stereocenters. The van der Waals surface area contributed by atoms with E-state index in [0.717, 1.165) is 60.7 Å². The van der Waals surface area contributed by atoms with E-state index in [1.165, 1.54) is 0 Å². The number of hydrogen-bond donors (Lipinski definition) is 3. The Bertz CT molecular complexity index is 1170. The van der Waals surface area contributed by atoms with E-state index in [1.54, 1.807) is 6.26 Å². The van der Waals surface area contributed by atoms with E-state index in [0.29, 0.717) is 24.0 Å². The second kappa shape index (κ2) is 8.62. The topological polar surface area (TPSA) is 95.3 Å². The van der Waals surface area contributed by atoms with Crippen LogP contribution in [-0.2, 0) is 10.2 Å². The van der Waals surface area contributed by atoms with E-state index in [4.69, 9.17) is 9.40 Å². The molecule has 0 spiro atoms. The minimum absolute atomic E-state index is 0.00343. The van der Waals surface area contributed by atoms with Crippen LogP contribution in [0.5, 0.6) is 0 Å². The molecule has 1 fully saturated rings. The average molecular weight is 453 g/mol. The molecule has 0 radical (unpaired) electrons. The Morgan fingerprint density at radius 2 is 2.06 bits per heavy atom. The van der Waals surface area contributed by atoms with E-state index >= 15 is 0 Å². The fourth-order valence-electron chi connectivity index (χ4n) is 4.64. The van der Waals surface area contributed by atoms with Crippen molar-refractivity contribution in [2.75, 3.05) is 48.4 Å². The van der Waals surface area contributed by atoms with Crippen LogP contribution in [0.4, 0.5) is 27.5 Å². The third-order valence-corrected chi connectivity index (χ3v) is 6.67.